The van der Waals surface area contributed by atoms with Crippen LogP contribution in [0.5, 0.6) is 0 Å². The molecule has 2 nitrogen and oxygen atoms in total. The molecule has 2 heterocycles. The van der Waals surface area contributed by atoms with Crippen LogP contribution < -0.4 is 0 Å². The Labute approximate surface area is 187 Å². The van der Waals surface area contributed by atoms with Crippen molar-refractivity contribution in [3.8, 4) is 5.69 Å². The van der Waals surface area contributed by atoms with Gasteiger partial charge in [-0.3, -0.25) is 4.98 Å². The molecular weight excluding hydrogens is 388 g/mol. The van der Waals surface area contributed by atoms with Gasteiger partial charge < -0.3 is 4.57 Å². The van der Waals surface area contributed by atoms with Gasteiger partial charge in [0.25, 0.3) is 0 Å². The minimum atomic E-state index is 1.02. The summed E-state index contributed by atoms with van der Waals surface area (Å²) in [5.74, 6) is 0. The molecule has 0 aliphatic heterocycles. The lowest BCUT2D eigenvalue weighted by molar-refractivity contribution is 1.17. The molecule has 0 saturated carbocycles. The highest BCUT2D eigenvalue weighted by molar-refractivity contribution is 6.09. The lowest BCUT2D eigenvalue weighted by Crippen LogP contribution is -1.95. The van der Waals surface area contributed by atoms with Crippen LogP contribution in [0.25, 0.3) is 50.5 Å². The number of pyridine rings is 1. The molecule has 0 saturated heterocycles. The van der Waals surface area contributed by atoms with Gasteiger partial charge in [-0.25, -0.2) is 0 Å². The zero-order valence-electron chi connectivity index (χ0n) is 17.9. The highest BCUT2D eigenvalue weighted by Crippen LogP contribution is 2.32. The predicted octanol–water partition coefficient (Wildman–Crippen LogP) is 7.81. The van der Waals surface area contributed by atoms with Crippen molar-refractivity contribution in [3.05, 3.63) is 120 Å². The maximum absolute atomic E-state index is 4.47. The molecule has 2 heteroatoms. The molecule has 6 aromatic rings. The van der Waals surface area contributed by atoms with E-state index in [1.165, 1.54) is 49.6 Å². The zero-order valence-corrected chi connectivity index (χ0v) is 17.9. The van der Waals surface area contributed by atoms with Gasteiger partial charge in [0.05, 0.1) is 16.6 Å². The van der Waals surface area contributed by atoms with Gasteiger partial charge in [0, 0.05) is 28.0 Å². The fourth-order valence-corrected chi connectivity index (χ4v) is 4.63. The van der Waals surface area contributed by atoms with Crippen molar-refractivity contribution < 1.29 is 0 Å². The van der Waals surface area contributed by atoms with Crippen molar-refractivity contribution in [2.45, 2.75) is 6.92 Å². The number of rotatable bonds is 3. The van der Waals surface area contributed by atoms with Crippen molar-refractivity contribution in [2.24, 2.45) is 0 Å². The second-order valence-electron chi connectivity index (χ2n) is 8.16. The van der Waals surface area contributed by atoms with Crippen LogP contribution in [0, 0.1) is 6.92 Å². The van der Waals surface area contributed by atoms with Crippen LogP contribution in [0.2, 0.25) is 0 Å². The molecule has 0 fully saturated rings. The van der Waals surface area contributed by atoms with Gasteiger partial charge in [-0.1, -0.05) is 72.8 Å². The van der Waals surface area contributed by atoms with Crippen molar-refractivity contribution in [1.82, 2.24) is 9.55 Å². The van der Waals surface area contributed by atoms with E-state index in [1.54, 1.807) is 0 Å². The van der Waals surface area contributed by atoms with Gasteiger partial charge in [-0.2, -0.15) is 0 Å². The van der Waals surface area contributed by atoms with Crippen LogP contribution in [-0.2, 0) is 0 Å². The van der Waals surface area contributed by atoms with Gasteiger partial charge in [-0.15, -0.1) is 0 Å². The number of fused-ring (bicyclic) bond motifs is 4. The summed E-state index contributed by atoms with van der Waals surface area (Å²) in [5, 5.41) is 3.74. The Morgan fingerprint density at radius 2 is 1.25 bits per heavy atom. The molecule has 0 spiro atoms. The van der Waals surface area contributed by atoms with Gasteiger partial charge in [0.2, 0.25) is 0 Å². The molecular formula is C30H22N2. The number of hydrogen-bond acceptors (Lipinski definition) is 1. The fraction of sp³-hybridized carbons (Fsp3) is 0.0333. The molecule has 0 amide bonds. The van der Waals surface area contributed by atoms with E-state index < -0.39 is 0 Å². The summed E-state index contributed by atoms with van der Waals surface area (Å²) in [6, 6.07) is 34.3. The van der Waals surface area contributed by atoms with Crippen LogP contribution in [0.1, 0.15) is 16.7 Å². The first kappa shape index (κ1) is 18.6. The summed E-state index contributed by atoms with van der Waals surface area (Å²) in [6.45, 7) is 2.18. The number of nitrogens with zero attached hydrogens (tertiary/aromatic N) is 2. The number of hydrogen-bond donors (Lipinski definition) is 0. The lowest BCUT2D eigenvalue weighted by Gasteiger charge is -2.10. The Morgan fingerprint density at radius 3 is 1.97 bits per heavy atom. The third kappa shape index (κ3) is 3.00. The van der Waals surface area contributed by atoms with Gasteiger partial charge in [0.1, 0.15) is 0 Å². The average molecular weight is 411 g/mol. The van der Waals surface area contributed by atoms with E-state index in [0.717, 1.165) is 5.52 Å². The third-order valence-corrected chi connectivity index (χ3v) is 6.22. The number of aryl methyl sites for hydroxylation is 1. The SMILES string of the molecule is Cc1cc(-n2c3ccccc3c3ccccc32)ccc1/C=C/c1ccnc2ccccc12. The first-order valence-electron chi connectivity index (χ1n) is 10.9. The molecule has 0 atom stereocenters. The van der Waals surface area contributed by atoms with E-state index in [9.17, 15) is 0 Å². The van der Waals surface area contributed by atoms with E-state index in [4.69, 9.17) is 0 Å². The molecule has 0 aliphatic carbocycles. The number of benzene rings is 4. The maximum atomic E-state index is 4.47. The molecule has 2 aromatic heterocycles. The first-order chi connectivity index (χ1) is 15.8. The average Bonchev–Trinajstić information content (AvgIpc) is 3.18. The summed E-state index contributed by atoms with van der Waals surface area (Å²) >= 11 is 0. The Balaban J connectivity index is 1.44. The van der Waals surface area contributed by atoms with Gasteiger partial charge in [-0.05, 0) is 60.0 Å². The first-order valence-corrected chi connectivity index (χ1v) is 10.9. The second kappa shape index (κ2) is 7.51. The van der Waals surface area contributed by atoms with E-state index in [-0.39, 0.29) is 0 Å². The van der Waals surface area contributed by atoms with Crippen LogP contribution in [0.4, 0.5) is 0 Å². The highest BCUT2D eigenvalue weighted by atomic mass is 15.0. The molecule has 32 heavy (non-hydrogen) atoms. The van der Waals surface area contributed by atoms with Crippen LogP contribution in [0.3, 0.4) is 0 Å². The predicted molar refractivity (Wildman–Crippen MR) is 136 cm³/mol. The van der Waals surface area contributed by atoms with Crippen molar-refractivity contribution in [2.75, 3.05) is 0 Å². The molecule has 0 unspecified atom stereocenters. The lowest BCUT2D eigenvalue weighted by atomic mass is 10.0. The van der Waals surface area contributed by atoms with Crippen LogP contribution in [0.15, 0.2) is 103 Å². The Morgan fingerprint density at radius 1 is 0.625 bits per heavy atom. The molecule has 0 radical (unpaired) electrons. The molecule has 152 valence electrons. The summed E-state index contributed by atoms with van der Waals surface area (Å²) < 4.78 is 2.36. The molecule has 0 aliphatic rings. The standard InChI is InChI=1S/C30H22N2/c1-21-20-24(32-29-12-6-3-9-26(29)27-10-4-7-13-30(27)32)17-16-22(21)14-15-23-18-19-31-28-11-5-2-8-25(23)28/h2-20H,1H3/b15-14+. The summed E-state index contributed by atoms with van der Waals surface area (Å²) in [5.41, 5.74) is 8.33. The smallest absolute Gasteiger partial charge is 0.0707 e. The third-order valence-electron chi connectivity index (χ3n) is 6.22. The fourth-order valence-electron chi connectivity index (χ4n) is 4.63. The number of aromatic nitrogens is 2. The minimum absolute atomic E-state index is 1.02. The second-order valence-corrected chi connectivity index (χ2v) is 8.16. The van der Waals surface area contributed by atoms with Crippen molar-refractivity contribution >= 4 is 44.9 Å². The molecule has 4 aromatic carbocycles. The van der Waals surface area contributed by atoms with Gasteiger partial charge >= 0.3 is 0 Å². The van der Waals surface area contributed by atoms with Crippen LogP contribution in [-0.4, -0.2) is 9.55 Å². The van der Waals surface area contributed by atoms with E-state index >= 15 is 0 Å². The maximum Gasteiger partial charge on any atom is 0.0707 e. The van der Waals surface area contributed by atoms with Crippen molar-refractivity contribution in [1.29, 1.82) is 0 Å². The quantitative estimate of drug-likeness (QED) is 0.291. The normalized spacial score (nSPS) is 11.8. The van der Waals surface area contributed by atoms with Gasteiger partial charge in [0.15, 0.2) is 0 Å². The summed E-state index contributed by atoms with van der Waals surface area (Å²) in [4.78, 5) is 4.47. The van der Waals surface area contributed by atoms with Crippen LogP contribution >= 0.6 is 0 Å². The molecule has 6 rings (SSSR count). The topological polar surface area (TPSA) is 17.8 Å². The van der Waals surface area contributed by atoms with E-state index in [2.05, 4.69) is 120 Å². The summed E-state index contributed by atoms with van der Waals surface area (Å²) in [7, 11) is 0. The zero-order chi connectivity index (χ0) is 21.5. The van der Waals surface area contributed by atoms with Crippen molar-refractivity contribution in [3.63, 3.8) is 0 Å². The minimum Gasteiger partial charge on any atom is -0.309 e. The largest absolute Gasteiger partial charge is 0.309 e. The monoisotopic (exact) mass is 410 g/mol. The Hall–Kier alpha value is -4.17. The highest BCUT2D eigenvalue weighted by Gasteiger charge is 2.11. The van der Waals surface area contributed by atoms with E-state index in [0.29, 0.717) is 0 Å². The Kier molecular flexibility index (Phi) is 4.36. The molecule has 0 bridgehead atoms. The van der Waals surface area contributed by atoms with E-state index in [1.807, 2.05) is 12.3 Å². The number of para-hydroxylation sites is 3. The molecule has 0 N–H and O–H groups in total. The summed E-state index contributed by atoms with van der Waals surface area (Å²) in [6.07, 6.45) is 6.26. The Bertz CT molecular complexity index is 1580.